The van der Waals surface area contributed by atoms with Gasteiger partial charge in [0, 0.05) is 48.7 Å². The van der Waals surface area contributed by atoms with Gasteiger partial charge in [-0.25, -0.2) is 9.97 Å². The Morgan fingerprint density at radius 1 is 1.00 bits per heavy atom. The molecule has 2 aliphatic rings. The second-order valence-corrected chi connectivity index (χ2v) is 10.5. The molecule has 1 amide bonds. The molecule has 11 heteroatoms. The van der Waals surface area contributed by atoms with Crippen LogP contribution in [0.2, 0.25) is 0 Å². The maximum atomic E-state index is 12.5. The minimum atomic E-state index is -4.74. The summed E-state index contributed by atoms with van der Waals surface area (Å²) in [5, 5.41) is 2.23. The number of benzene rings is 1. The van der Waals surface area contributed by atoms with Crippen molar-refractivity contribution in [2.24, 2.45) is 5.92 Å². The second kappa shape index (κ2) is 11.0. The maximum Gasteiger partial charge on any atom is 0.573 e. The molecule has 2 fully saturated rings. The van der Waals surface area contributed by atoms with Crippen molar-refractivity contribution in [1.82, 2.24) is 24.8 Å². The number of hydrogen-bond donors (Lipinski definition) is 1. The van der Waals surface area contributed by atoms with Crippen LogP contribution in [0.25, 0.3) is 21.9 Å². The molecular weight excluding hydrogens is 523 g/mol. The van der Waals surface area contributed by atoms with Gasteiger partial charge in [-0.3, -0.25) is 9.69 Å². The molecule has 0 saturated carbocycles. The average molecular weight is 554 g/mol. The fourth-order valence-electron chi connectivity index (χ4n) is 6.32. The lowest BCUT2D eigenvalue weighted by Crippen LogP contribution is -2.57. The summed E-state index contributed by atoms with van der Waals surface area (Å²) >= 11 is 0. The molecule has 1 aromatic carbocycles. The van der Waals surface area contributed by atoms with Crippen LogP contribution in [0, 0.1) is 5.92 Å². The van der Waals surface area contributed by atoms with Gasteiger partial charge in [0.1, 0.15) is 11.5 Å². The lowest BCUT2D eigenvalue weighted by molar-refractivity contribution is -0.274. The van der Waals surface area contributed by atoms with E-state index >= 15 is 0 Å². The molecule has 4 aromatic rings. The normalized spacial score (nSPS) is 21.1. The molecular formula is C29H30F3N5O3. The number of nitrogens with zero attached hydrogens (tertiary/aromatic N) is 4. The molecule has 2 aliphatic heterocycles. The largest absolute Gasteiger partial charge is 0.573 e. The highest BCUT2D eigenvalue weighted by molar-refractivity contribution is 6.05. The number of ether oxygens (including phenoxy) is 2. The van der Waals surface area contributed by atoms with E-state index in [9.17, 15) is 18.0 Å². The number of H-pyrrole nitrogens is 1. The Bertz CT molecular complexity index is 1470. The zero-order valence-electron chi connectivity index (χ0n) is 21.8. The summed E-state index contributed by atoms with van der Waals surface area (Å²) in [4.78, 5) is 28.5. The minimum absolute atomic E-state index is 0.0786. The van der Waals surface area contributed by atoms with Crippen molar-refractivity contribution in [2.45, 2.75) is 44.1 Å². The zero-order valence-corrected chi connectivity index (χ0v) is 21.8. The Kier molecular flexibility index (Phi) is 7.22. The van der Waals surface area contributed by atoms with Crippen molar-refractivity contribution >= 4 is 28.3 Å². The number of likely N-dealkylation sites (tertiary alicyclic amines) is 2. The first-order chi connectivity index (χ1) is 19.4. The van der Waals surface area contributed by atoms with Gasteiger partial charge in [0.15, 0.2) is 5.65 Å². The number of carbonyl (C=O) groups is 1. The summed E-state index contributed by atoms with van der Waals surface area (Å²) in [6, 6.07) is 9.60. The van der Waals surface area contributed by atoms with Crippen LogP contribution in [0.3, 0.4) is 0 Å². The van der Waals surface area contributed by atoms with Gasteiger partial charge in [-0.15, -0.1) is 13.2 Å². The van der Waals surface area contributed by atoms with Crippen molar-refractivity contribution in [3.63, 3.8) is 0 Å². The van der Waals surface area contributed by atoms with E-state index in [0.29, 0.717) is 24.8 Å². The number of piperidine rings is 2. The van der Waals surface area contributed by atoms with Crippen molar-refractivity contribution < 1.29 is 27.4 Å². The number of aromatic nitrogens is 3. The van der Waals surface area contributed by atoms with E-state index in [1.54, 1.807) is 6.20 Å². The lowest BCUT2D eigenvalue weighted by atomic mass is 9.85. The van der Waals surface area contributed by atoms with Crippen LogP contribution >= 0.6 is 0 Å². The van der Waals surface area contributed by atoms with Gasteiger partial charge >= 0.3 is 6.36 Å². The molecule has 5 heterocycles. The number of halogens is 3. The topological polar surface area (TPSA) is 83.6 Å². The standard InChI is InChI=1S/C29H30F3N5O3/c30-29(31,32)40-22-5-3-21(4-6-22)39-17-20-2-1-13-37(18-38)28(20)36-14-9-19(10-15-36)23-7-11-33-25-16-35-27-24(26(23)25)8-12-34-27/h3-8,11-12,16,18-20,28,33H,1-2,9-10,13-15,17H2. The Morgan fingerprint density at radius 2 is 1.77 bits per heavy atom. The van der Waals surface area contributed by atoms with Gasteiger partial charge in [-0.2, -0.15) is 0 Å². The summed E-state index contributed by atoms with van der Waals surface area (Å²) in [6.45, 7) is 2.74. The Balaban J connectivity index is 1.14. The predicted molar refractivity (Wildman–Crippen MR) is 143 cm³/mol. The summed E-state index contributed by atoms with van der Waals surface area (Å²) in [5.74, 6) is 0.621. The van der Waals surface area contributed by atoms with Crippen LogP contribution in [0.15, 0.2) is 55.0 Å². The molecule has 1 N–H and O–H groups in total. The number of carbonyl (C=O) groups excluding carboxylic acids is 1. The van der Waals surface area contributed by atoms with Crippen LogP contribution < -0.4 is 9.47 Å². The summed E-state index contributed by atoms with van der Waals surface area (Å²) in [7, 11) is 0. The smallest absolute Gasteiger partial charge is 0.493 e. The number of aromatic amines is 1. The Hall–Kier alpha value is -3.86. The number of hydrogen-bond acceptors (Lipinski definition) is 6. The number of fused-ring (bicyclic) bond motifs is 3. The van der Waals surface area contributed by atoms with E-state index in [1.807, 2.05) is 23.4 Å². The first-order valence-electron chi connectivity index (χ1n) is 13.5. The maximum absolute atomic E-state index is 12.5. The quantitative estimate of drug-likeness (QED) is 0.306. The molecule has 6 rings (SSSR count). The minimum Gasteiger partial charge on any atom is -0.493 e. The van der Waals surface area contributed by atoms with Gasteiger partial charge in [0.2, 0.25) is 6.41 Å². The van der Waals surface area contributed by atoms with Gasteiger partial charge in [0.05, 0.1) is 24.5 Å². The van der Waals surface area contributed by atoms with E-state index < -0.39 is 6.36 Å². The lowest BCUT2D eigenvalue weighted by Gasteiger charge is -2.47. The third kappa shape index (κ3) is 5.42. The Morgan fingerprint density at radius 3 is 2.52 bits per heavy atom. The van der Waals surface area contributed by atoms with Crippen LogP contribution in [0.5, 0.6) is 11.5 Å². The van der Waals surface area contributed by atoms with Crippen LogP contribution in [0.1, 0.15) is 37.2 Å². The van der Waals surface area contributed by atoms with Crippen molar-refractivity contribution in [3.8, 4) is 11.5 Å². The predicted octanol–water partition coefficient (Wildman–Crippen LogP) is 5.46. The van der Waals surface area contributed by atoms with E-state index in [2.05, 4.69) is 30.7 Å². The zero-order chi connectivity index (χ0) is 27.7. The number of alkyl halides is 3. The second-order valence-electron chi connectivity index (χ2n) is 10.5. The molecule has 0 radical (unpaired) electrons. The fourth-order valence-corrected chi connectivity index (χ4v) is 6.32. The van der Waals surface area contributed by atoms with Crippen molar-refractivity contribution in [3.05, 3.63) is 60.6 Å². The fraction of sp³-hybridized carbons (Fsp3) is 0.414. The number of rotatable bonds is 7. The Labute approximate surface area is 229 Å². The van der Waals surface area contributed by atoms with Crippen LogP contribution in [-0.4, -0.2) is 69.9 Å². The number of pyridine rings is 2. The summed E-state index contributed by atoms with van der Waals surface area (Å²) in [5.41, 5.74) is 3.04. The van der Waals surface area contributed by atoms with E-state index in [0.717, 1.165) is 61.7 Å². The molecule has 40 heavy (non-hydrogen) atoms. The highest BCUT2D eigenvalue weighted by Gasteiger charge is 2.38. The molecule has 8 nitrogen and oxygen atoms in total. The van der Waals surface area contributed by atoms with Crippen molar-refractivity contribution in [2.75, 3.05) is 26.2 Å². The van der Waals surface area contributed by atoms with Gasteiger partial charge in [-0.1, -0.05) is 0 Å². The van der Waals surface area contributed by atoms with Gasteiger partial charge in [-0.05, 0) is 73.6 Å². The van der Waals surface area contributed by atoms with E-state index in [4.69, 9.17) is 4.74 Å². The molecule has 2 atom stereocenters. The van der Waals surface area contributed by atoms with Crippen LogP contribution in [0.4, 0.5) is 13.2 Å². The molecule has 3 aromatic heterocycles. The highest BCUT2D eigenvalue weighted by Crippen LogP contribution is 2.37. The van der Waals surface area contributed by atoms with Gasteiger partial charge in [0.25, 0.3) is 0 Å². The summed E-state index contributed by atoms with van der Waals surface area (Å²) in [6.07, 6.45) is 5.39. The first kappa shape index (κ1) is 26.4. The molecule has 210 valence electrons. The third-order valence-electron chi connectivity index (χ3n) is 8.08. The van der Waals surface area contributed by atoms with E-state index in [-0.39, 0.29) is 17.8 Å². The molecule has 2 unspecified atom stereocenters. The highest BCUT2D eigenvalue weighted by atomic mass is 19.4. The SMILES string of the molecule is O=CN1CCCC(COc2ccc(OC(F)(F)F)cc2)C1N1CCC(c2cc[nH]c3cnc4nccc4c23)CC1. The van der Waals surface area contributed by atoms with Crippen molar-refractivity contribution in [1.29, 1.82) is 0 Å². The molecule has 0 bridgehead atoms. The first-order valence-corrected chi connectivity index (χ1v) is 13.5. The molecule has 2 saturated heterocycles. The van der Waals surface area contributed by atoms with Crippen LogP contribution in [-0.2, 0) is 4.79 Å². The van der Waals surface area contributed by atoms with Gasteiger partial charge < -0.3 is 19.4 Å². The molecule has 0 aliphatic carbocycles. The van der Waals surface area contributed by atoms with E-state index in [1.165, 1.54) is 35.2 Å². The number of amides is 1. The third-order valence-corrected chi connectivity index (χ3v) is 8.08. The molecule has 0 spiro atoms. The average Bonchev–Trinajstić information content (AvgIpc) is 3.45. The summed E-state index contributed by atoms with van der Waals surface area (Å²) < 4.78 is 47.3. The monoisotopic (exact) mass is 553 g/mol. The number of nitrogens with one attached hydrogen (secondary N) is 1.